The summed E-state index contributed by atoms with van der Waals surface area (Å²) in [6.45, 7) is 0. The molecule has 0 amide bonds. The van der Waals surface area contributed by atoms with E-state index in [9.17, 15) is 24.9 Å². The minimum atomic E-state index is -2.93. The van der Waals surface area contributed by atoms with Gasteiger partial charge in [0.2, 0.25) is 16.5 Å². The highest BCUT2D eigenvalue weighted by atomic mass is 32.2. The second kappa shape index (κ2) is 4.56. The average Bonchev–Trinajstić information content (AvgIpc) is 2.78. The second-order valence-corrected chi connectivity index (χ2v) is 6.84. The zero-order valence-corrected chi connectivity index (χ0v) is 12.9. The van der Waals surface area contributed by atoms with Crippen LogP contribution in [0.3, 0.4) is 0 Å². The normalized spacial score (nSPS) is 24.8. The van der Waals surface area contributed by atoms with Crippen LogP contribution in [0.25, 0.3) is 21.9 Å². The molecular formula is C18H10O5S. The van der Waals surface area contributed by atoms with E-state index in [-0.39, 0.29) is 33.3 Å². The van der Waals surface area contributed by atoms with Crippen LogP contribution in [-0.2, 0) is 9.59 Å². The summed E-state index contributed by atoms with van der Waals surface area (Å²) >= 11 is 0.169. The van der Waals surface area contributed by atoms with Crippen LogP contribution < -0.4 is 10.4 Å². The molecule has 1 heterocycles. The molecule has 0 saturated carbocycles. The molecule has 118 valence electrons. The van der Waals surface area contributed by atoms with Crippen molar-refractivity contribution in [2.24, 2.45) is 0 Å². The summed E-state index contributed by atoms with van der Waals surface area (Å²) in [6, 6.07) is 10.5. The predicted molar refractivity (Wildman–Crippen MR) is 88.6 cm³/mol. The van der Waals surface area contributed by atoms with Gasteiger partial charge in [0.15, 0.2) is 0 Å². The minimum Gasteiger partial charge on any atom is -0.370 e. The molecule has 1 aliphatic heterocycles. The first kappa shape index (κ1) is 15.1. The first-order chi connectivity index (χ1) is 11.3. The molecule has 1 fully saturated rings. The van der Waals surface area contributed by atoms with Gasteiger partial charge < -0.3 is 15.3 Å². The smallest absolute Gasteiger partial charge is 0.263 e. The van der Waals surface area contributed by atoms with E-state index in [2.05, 4.69) is 5.92 Å². The van der Waals surface area contributed by atoms with E-state index in [1.165, 1.54) is 0 Å². The van der Waals surface area contributed by atoms with E-state index in [1.807, 2.05) is 12.1 Å². The van der Waals surface area contributed by atoms with Gasteiger partial charge in [0.25, 0.3) is 5.12 Å². The van der Waals surface area contributed by atoms with Gasteiger partial charge in [-0.05, 0) is 39.9 Å². The number of hydrogen-bond donors (Lipinski definition) is 3. The Labute approximate surface area is 139 Å². The Morgan fingerprint density at radius 2 is 1.58 bits per heavy atom. The number of thioether (sulfide) groups is 1. The molecule has 1 unspecified atom stereocenters. The number of fused-ring (bicyclic) bond motifs is 3. The molecule has 2 aliphatic rings. The van der Waals surface area contributed by atoms with Crippen LogP contribution in [0.15, 0.2) is 36.4 Å². The molecule has 6 heteroatoms. The summed E-state index contributed by atoms with van der Waals surface area (Å²) < 4.78 is 0. The summed E-state index contributed by atoms with van der Waals surface area (Å²) in [7, 11) is 0. The molecule has 1 aliphatic carbocycles. The number of ketones is 1. The Hall–Kier alpha value is -2.43. The minimum absolute atomic E-state index is 0.169. The molecule has 1 atom stereocenters. The molecule has 0 bridgehead atoms. The molecule has 2 aromatic carbocycles. The number of terminal acetylenes is 1. The van der Waals surface area contributed by atoms with E-state index in [4.69, 9.17) is 6.42 Å². The lowest BCUT2D eigenvalue weighted by Crippen LogP contribution is -2.60. The fourth-order valence-corrected chi connectivity index (χ4v) is 4.24. The van der Waals surface area contributed by atoms with Gasteiger partial charge in [-0.15, -0.1) is 6.42 Å². The van der Waals surface area contributed by atoms with Gasteiger partial charge in [-0.1, -0.05) is 30.2 Å². The standard InChI is InChI=1S/C18H10O5S/c1-2-13-11-7-9-5-3-4-6-10(9)8-12(11)14-15(19)16(20)24-18(14,23)17(13,21)22/h1,3-8,21-23H. The highest BCUT2D eigenvalue weighted by Crippen LogP contribution is 2.49. The van der Waals surface area contributed by atoms with Crippen molar-refractivity contribution < 1.29 is 24.9 Å². The highest BCUT2D eigenvalue weighted by Gasteiger charge is 2.64. The van der Waals surface area contributed by atoms with Gasteiger partial charge in [-0.25, -0.2) is 0 Å². The van der Waals surface area contributed by atoms with Gasteiger partial charge in [-0.3, -0.25) is 9.59 Å². The molecule has 0 aromatic heterocycles. The summed E-state index contributed by atoms with van der Waals surface area (Å²) in [4.78, 5) is 21.6. The van der Waals surface area contributed by atoms with Gasteiger partial charge in [0, 0.05) is 5.22 Å². The van der Waals surface area contributed by atoms with E-state index >= 15 is 0 Å². The number of Topliss-reactive ketones (excluding diaryl/α,β-unsaturated/α-hetero) is 1. The fraction of sp³-hybridized carbons (Fsp3) is 0.111. The maximum Gasteiger partial charge on any atom is 0.263 e. The van der Waals surface area contributed by atoms with Crippen LogP contribution in [0.5, 0.6) is 0 Å². The van der Waals surface area contributed by atoms with E-state index in [0.717, 1.165) is 10.8 Å². The Kier molecular flexibility index (Phi) is 2.87. The summed E-state index contributed by atoms with van der Waals surface area (Å²) in [6.07, 6.45) is 5.44. The molecular weight excluding hydrogens is 328 g/mol. The number of rotatable bonds is 0. The predicted octanol–water partition coefficient (Wildman–Crippen LogP) is -1.00. The third-order valence-electron chi connectivity index (χ3n) is 4.38. The van der Waals surface area contributed by atoms with Crippen LogP contribution in [0.4, 0.5) is 0 Å². The lowest BCUT2D eigenvalue weighted by molar-refractivity contribution is -0.175. The number of hydrogen-bond acceptors (Lipinski definition) is 6. The van der Waals surface area contributed by atoms with Crippen molar-refractivity contribution in [2.75, 3.05) is 0 Å². The summed E-state index contributed by atoms with van der Waals surface area (Å²) in [5, 5.41) is 32.8. The van der Waals surface area contributed by atoms with Crippen LogP contribution in [-0.4, -0.2) is 36.9 Å². The molecule has 24 heavy (non-hydrogen) atoms. The zero-order valence-electron chi connectivity index (χ0n) is 12.1. The van der Waals surface area contributed by atoms with Crippen molar-refractivity contribution in [3.63, 3.8) is 0 Å². The van der Waals surface area contributed by atoms with Crippen molar-refractivity contribution >= 4 is 44.6 Å². The monoisotopic (exact) mass is 338 g/mol. The van der Waals surface area contributed by atoms with Crippen molar-refractivity contribution in [2.45, 2.75) is 10.7 Å². The third kappa shape index (κ3) is 1.62. The van der Waals surface area contributed by atoms with Crippen LogP contribution >= 0.6 is 11.8 Å². The van der Waals surface area contributed by atoms with Gasteiger partial charge in [0.05, 0.1) is 11.1 Å². The van der Waals surface area contributed by atoms with Gasteiger partial charge in [0.1, 0.15) is 0 Å². The summed E-state index contributed by atoms with van der Waals surface area (Å²) in [5.74, 6) is -1.70. The van der Waals surface area contributed by atoms with Gasteiger partial charge >= 0.3 is 0 Å². The number of carbonyl (C=O) groups excluding carboxylic acids is 2. The highest BCUT2D eigenvalue weighted by molar-refractivity contribution is 8.18. The largest absolute Gasteiger partial charge is 0.370 e. The molecule has 0 radical (unpaired) electrons. The second-order valence-electron chi connectivity index (χ2n) is 5.67. The van der Waals surface area contributed by atoms with Crippen LogP contribution in [0.2, 0.25) is 0 Å². The lowest BCUT2D eigenvalue weighted by Gasteiger charge is -2.37. The molecule has 0 spiro atoms. The number of carbonyl (C=O) groups is 2. The Bertz CT molecular complexity index is 1120. The molecule has 3 N–H and O–H groups in total. The van der Waals surface area contributed by atoms with E-state index in [0.29, 0.717) is 0 Å². The molecule has 1 saturated heterocycles. The first-order valence-electron chi connectivity index (χ1n) is 7.01. The van der Waals surface area contributed by atoms with Crippen molar-refractivity contribution in [1.29, 1.82) is 0 Å². The Balaban J connectivity index is 2.34. The maximum atomic E-state index is 12.3. The third-order valence-corrected chi connectivity index (χ3v) is 5.54. The first-order valence-corrected chi connectivity index (χ1v) is 7.82. The van der Waals surface area contributed by atoms with Crippen LogP contribution in [0, 0.1) is 12.3 Å². The van der Waals surface area contributed by atoms with Crippen LogP contribution in [0.1, 0.15) is 0 Å². The fourth-order valence-electron chi connectivity index (χ4n) is 3.23. The quantitative estimate of drug-likeness (QED) is 0.324. The Morgan fingerprint density at radius 3 is 2.17 bits per heavy atom. The molecule has 4 rings (SSSR count). The van der Waals surface area contributed by atoms with Crippen molar-refractivity contribution in [3.8, 4) is 12.3 Å². The summed E-state index contributed by atoms with van der Waals surface area (Å²) in [5.41, 5.74) is -0.633. The zero-order chi connectivity index (χ0) is 17.3. The average molecular weight is 338 g/mol. The van der Waals surface area contributed by atoms with Crippen molar-refractivity contribution in [1.82, 2.24) is 0 Å². The molecule has 5 nitrogen and oxygen atoms in total. The maximum absolute atomic E-state index is 12.3. The Morgan fingerprint density at radius 1 is 1.00 bits per heavy atom. The van der Waals surface area contributed by atoms with E-state index in [1.54, 1.807) is 24.3 Å². The number of aliphatic hydroxyl groups is 3. The van der Waals surface area contributed by atoms with Gasteiger partial charge in [-0.2, -0.15) is 0 Å². The SMILES string of the molecule is C#CC1=c2cc3ccccc3cc2=C2C(=O)C(=O)SC2(O)C1(O)O. The number of benzene rings is 2. The topological polar surface area (TPSA) is 94.8 Å². The van der Waals surface area contributed by atoms with E-state index < -0.39 is 21.6 Å². The van der Waals surface area contributed by atoms with Crippen molar-refractivity contribution in [3.05, 3.63) is 46.8 Å². The molecule has 2 aromatic rings. The lowest BCUT2D eigenvalue weighted by atomic mass is 9.83.